The second-order valence-electron chi connectivity index (χ2n) is 7.44. The number of anilines is 2. The average molecular weight is 495 g/mol. The molecular weight excluding hydrogens is 471 g/mol. The van der Waals surface area contributed by atoms with E-state index >= 15 is 0 Å². The zero-order valence-electron chi connectivity index (χ0n) is 17.8. The minimum Gasteiger partial charge on any atom is -0.296 e. The van der Waals surface area contributed by atoms with Gasteiger partial charge in [0.2, 0.25) is 15.2 Å². The van der Waals surface area contributed by atoms with Crippen LogP contribution in [0.1, 0.15) is 29.8 Å². The summed E-state index contributed by atoms with van der Waals surface area (Å²) in [5.74, 6) is 0.562. The number of carbonyl (C=O) groups is 1. The van der Waals surface area contributed by atoms with Crippen molar-refractivity contribution in [2.24, 2.45) is 5.92 Å². The van der Waals surface area contributed by atoms with Crippen LogP contribution in [0, 0.1) is 11.7 Å². The molecule has 0 unspecified atom stereocenters. The van der Waals surface area contributed by atoms with Gasteiger partial charge in [0.05, 0.1) is 18.5 Å². The number of sulfonamides is 1. The van der Waals surface area contributed by atoms with Crippen LogP contribution in [0.15, 0.2) is 52.9 Å². The van der Waals surface area contributed by atoms with E-state index in [0.717, 1.165) is 20.7 Å². The van der Waals surface area contributed by atoms with E-state index in [2.05, 4.69) is 29.4 Å². The van der Waals surface area contributed by atoms with E-state index in [0.29, 0.717) is 22.3 Å². The lowest BCUT2D eigenvalue weighted by molar-refractivity contribution is 0.102. The van der Waals surface area contributed by atoms with E-state index in [1.807, 2.05) is 0 Å². The Morgan fingerprint density at radius 1 is 1.16 bits per heavy atom. The molecule has 3 rings (SSSR count). The van der Waals surface area contributed by atoms with Crippen molar-refractivity contribution < 1.29 is 17.6 Å². The predicted molar refractivity (Wildman–Crippen MR) is 127 cm³/mol. The topological polar surface area (TPSA) is 92.3 Å². The molecule has 1 heterocycles. The van der Waals surface area contributed by atoms with Crippen molar-refractivity contribution in [2.75, 3.05) is 21.6 Å². The second kappa shape index (κ2) is 10.4. The molecule has 32 heavy (non-hydrogen) atoms. The molecule has 3 aromatic rings. The lowest BCUT2D eigenvalue weighted by Gasteiger charge is -2.23. The standard InChI is InChI=1S/C21H23FN4O3S3/c1-14(2)13-30-21-25-24-20(31-21)23-19(27)15-8-10-17(11-9-15)26(32(3,28)29)12-16-6-4-5-7-18(16)22/h4-11,14H,12-13H2,1-3H3,(H,23,24,27). The van der Waals surface area contributed by atoms with Crippen molar-refractivity contribution in [2.45, 2.75) is 24.7 Å². The van der Waals surface area contributed by atoms with Gasteiger partial charge in [-0.1, -0.05) is 55.1 Å². The molecule has 0 atom stereocenters. The highest BCUT2D eigenvalue weighted by Gasteiger charge is 2.20. The first kappa shape index (κ1) is 24.1. The van der Waals surface area contributed by atoms with Crippen LogP contribution in [0.3, 0.4) is 0 Å². The van der Waals surface area contributed by atoms with Crippen molar-refractivity contribution in [3.63, 3.8) is 0 Å². The van der Waals surface area contributed by atoms with Gasteiger partial charge >= 0.3 is 0 Å². The minimum atomic E-state index is -3.68. The lowest BCUT2D eigenvalue weighted by Crippen LogP contribution is -2.29. The van der Waals surface area contributed by atoms with Crippen molar-refractivity contribution in [1.29, 1.82) is 0 Å². The Balaban J connectivity index is 1.72. The highest BCUT2D eigenvalue weighted by atomic mass is 32.2. The molecular formula is C21H23FN4O3S3. The van der Waals surface area contributed by atoms with Crippen LogP contribution in [0.25, 0.3) is 0 Å². The molecule has 0 bridgehead atoms. The van der Waals surface area contributed by atoms with Crippen LogP contribution in [0.4, 0.5) is 15.2 Å². The molecule has 0 spiro atoms. The first-order valence-corrected chi connectivity index (χ1v) is 13.4. The molecule has 11 heteroatoms. The molecule has 1 amide bonds. The third-order valence-corrected chi connectivity index (χ3v) is 7.80. The second-order valence-corrected chi connectivity index (χ2v) is 11.6. The Morgan fingerprint density at radius 3 is 2.47 bits per heavy atom. The highest BCUT2D eigenvalue weighted by molar-refractivity contribution is 8.01. The highest BCUT2D eigenvalue weighted by Crippen LogP contribution is 2.27. The number of carbonyl (C=O) groups excluding carboxylic acids is 1. The fourth-order valence-corrected chi connectivity index (χ4v) is 5.29. The van der Waals surface area contributed by atoms with E-state index < -0.39 is 15.8 Å². The van der Waals surface area contributed by atoms with Crippen molar-refractivity contribution in [3.05, 3.63) is 65.5 Å². The Bertz CT molecular complexity index is 1180. The van der Waals surface area contributed by atoms with E-state index in [-0.39, 0.29) is 18.0 Å². The molecule has 0 saturated heterocycles. The molecule has 0 aliphatic rings. The van der Waals surface area contributed by atoms with E-state index in [9.17, 15) is 17.6 Å². The molecule has 0 aliphatic carbocycles. The molecule has 2 aromatic carbocycles. The minimum absolute atomic E-state index is 0.154. The number of nitrogens with zero attached hydrogens (tertiary/aromatic N) is 3. The van der Waals surface area contributed by atoms with Gasteiger partial charge in [-0.2, -0.15) is 0 Å². The van der Waals surface area contributed by atoms with E-state index in [1.165, 1.54) is 47.7 Å². The number of amides is 1. The van der Waals surface area contributed by atoms with Crippen LogP contribution in [-0.2, 0) is 16.6 Å². The van der Waals surface area contributed by atoms with Gasteiger partial charge in [0, 0.05) is 16.9 Å². The van der Waals surface area contributed by atoms with Gasteiger partial charge < -0.3 is 0 Å². The third kappa shape index (κ3) is 6.50. The van der Waals surface area contributed by atoms with Gasteiger partial charge in [-0.15, -0.1) is 10.2 Å². The first-order chi connectivity index (χ1) is 15.1. The van der Waals surface area contributed by atoms with Crippen molar-refractivity contribution in [3.8, 4) is 0 Å². The summed E-state index contributed by atoms with van der Waals surface area (Å²) in [4.78, 5) is 12.5. The number of rotatable bonds is 9. The summed E-state index contributed by atoms with van der Waals surface area (Å²) in [6.07, 6.45) is 1.05. The Morgan fingerprint density at radius 2 is 1.84 bits per heavy atom. The molecule has 1 N–H and O–H groups in total. The van der Waals surface area contributed by atoms with Crippen LogP contribution in [-0.4, -0.2) is 36.5 Å². The maximum absolute atomic E-state index is 14.0. The number of halogens is 1. The number of thioether (sulfide) groups is 1. The predicted octanol–water partition coefficient (Wildman–Crippen LogP) is 4.64. The van der Waals surface area contributed by atoms with Gasteiger partial charge in [0.1, 0.15) is 5.82 Å². The largest absolute Gasteiger partial charge is 0.296 e. The maximum Gasteiger partial charge on any atom is 0.257 e. The number of aromatic nitrogens is 2. The summed E-state index contributed by atoms with van der Waals surface area (Å²) in [7, 11) is -3.68. The van der Waals surface area contributed by atoms with Crippen LogP contribution in [0.5, 0.6) is 0 Å². The smallest absolute Gasteiger partial charge is 0.257 e. The van der Waals surface area contributed by atoms with E-state index in [1.54, 1.807) is 23.9 Å². The molecule has 0 radical (unpaired) electrons. The van der Waals surface area contributed by atoms with Gasteiger partial charge in [-0.3, -0.25) is 14.4 Å². The molecule has 1 aromatic heterocycles. The zero-order chi connectivity index (χ0) is 23.3. The fourth-order valence-electron chi connectivity index (χ4n) is 2.69. The number of hydrogen-bond acceptors (Lipinski definition) is 7. The van der Waals surface area contributed by atoms with E-state index in [4.69, 9.17) is 0 Å². The maximum atomic E-state index is 14.0. The third-order valence-electron chi connectivity index (χ3n) is 4.26. The van der Waals surface area contributed by atoms with Gasteiger partial charge in [-0.25, -0.2) is 12.8 Å². The SMILES string of the molecule is CC(C)CSc1nnc(NC(=O)c2ccc(N(Cc3ccccc3F)S(C)(=O)=O)cc2)s1. The molecule has 0 aliphatic heterocycles. The fraction of sp³-hybridized carbons (Fsp3) is 0.286. The van der Waals surface area contributed by atoms with Gasteiger partial charge in [0.25, 0.3) is 5.91 Å². The summed E-state index contributed by atoms with van der Waals surface area (Å²) < 4.78 is 40.5. The van der Waals surface area contributed by atoms with Crippen LogP contribution in [0.2, 0.25) is 0 Å². The molecule has 170 valence electrons. The van der Waals surface area contributed by atoms with Gasteiger partial charge in [0.15, 0.2) is 4.34 Å². The summed E-state index contributed by atoms with van der Waals surface area (Å²) in [5, 5.41) is 11.1. The molecule has 7 nitrogen and oxygen atoms in total. The monoisotopic (exact) mass is 494 g/mol. The average Bonchev–Trinajstić information content (AvgIpc) is 3.18. The summed E-state index contributed by atoms with van der Waals surface area (Å²) in [6.45, 7) is 4.07. The Hall–Kier alpha value is -2.50. The first-order valence-electron chi connectivity index (χ1n) is 9.72. The van der Waals surface area contributed by atoms with Crippen molar-refractivity contribution in [1.82, 2.24) is 10.2 Å². The Labute approximate surface area is 195 Å². The molecule has 0 fully saturated rings. The molecule has 0 saturated carbocycles. The van der Waals surface area contributed by atoms with Crippen LogP contribution < -0.4 is 9.62 Å². The zero-order valence-corrected chi connectivity index (χ0v) is 20.2. The normalized spacial score (nSPS) is 11.5. The number of hydrogen-bond donors (Lipinski definition) is 1. The van der Waals surface area contributed by atoms with Crippen LogP contribution >= 0.6 is 23.1 Å². The summed E-state index contributed by atoms with van der Waals surface area (Å²) >= 11 is 2.88. The van der Waals surface area contributed by atoms with Gasteiger partial charge in [-0.05, 0) is 36.2 Å². The number of nitrogens with one attached hydrogen (secondary N) is 1. The quantitative estimate of drug-likeness (QED) is 0.344. The summed E-state index contributed by atoms with van der Waals surface area (Å²) in [5.41, 5.74) is 0.914. The Kier molecular flexibility index (Phi) is 7.86. The lowest BCUT2D eigenvalue weighted by atomic mass is 10.1. The van der Waals surface area contributed by atoms with Crippen molar-refractivity contribution >= 4 is 49.8 Å². The summed E-state index contributed by atoms with van der Waals surface area (Å²) in [6, 6.07) is 12.1. The number of benzene rings is 2.